The monoisotopic (exact) mass is 356 g/mol. The predicted molar refractivity (Wildman–Crippen MR) is 80.1 cm³/mol. The average molecular weight is 356 g/mol. The van der Waals surface area contributed by atoms with E-state index in [1.807, 2.05) is 18.2 Å². The molecule has 0 atom stereocenters. The third kappa shape index (κ3) is 7.54. The van der Waals surface area contributed by atoms with Gasteiger partial charge >= 0.3 is 15.2 Å². The maximum atomic E-state index is 11.0. The van der Waals surface area contributed by atoms with E-state index >= 15 is 0 Å². The van der Waals surface area contributed by atoms with Crippen molar-refractivity contribution in [3.63, 3.8) is 0 Å². The van der Waals surface area contributed by atoms with E-state index in [0.29, 0.717) is 6.42 Å². The highest BCUT2D eigenvalue weighted by Gasteiger charge is 2.42. The lowest BCUT2D eigenvalue weighted by Crippen LogP contribution is -2.29. The van der Waals surface area contributed by atoms with Crippen LogP contribution < -0.4 is 5.32 Å². The summed E-state index contributed by atoms with van der Waals surface area (Å²) in [5.74, 6) is 0.759. The topological polar surface area (TPSA) is 140 Å². The Bertz CT molecular complexity index is 498. The number of nitrogens with zero attached hydrogens (tertiary/aromatic N) is 1. The van der Waals surface area contributed by atoms with Crippen LogP contribution in [-0.4, -0.2) is 42.4 Å². The number of hydrogen-bond donors (Lipinski definition) is 5. The number of hydrogen-bond acceptors (Lipinski definition) is 5. The number of unbranched alkanes of at least 4 members (excludes halogenated alkanes) is 1. The lowest BCUT2D eigenvalue weighted by molar-refractivity contribution is 0.327. The third-order valence-corrected chi connectivity index (χ3v) is 6.90. The molecule has 120 valence electrons. The van der Waals surface area contributed by atoms with Crippen molar-refractivity contribution in [2.75, 3.05) is 12.3 Å². The van der Waals surface area contributed by atoms with Crippen LogP contribution in [-0.2, 0) is 9.13 Å². The first-order valence-corrected chi connectivity index (χ1v) is 10.4. The predicted octanol–water partition coefficient (Wildman–Crippen LogP) is 1.18. The Hall–Kier alpha value is -0.240. The van der Waals surface area contributed by atoms with Crippen LogP contribution >= 0.6 is 27.0 Å². The van der Waals surface area contributed by atoms with Crippen LogP contribution in [0.25, 0.3) is 0 Å². The van der Waals surface area contributed by atoms with E-state index < -0.39 is 20.7 Å². The first-order valence-electron chi connectivity index (χ1n) is 6.09. The maximum absolute atomic E-state index is 11.0. The molecule has 0 saturated carbocycles. The molecule has 1 rings (SSSR count). The highest BCUT2D eigenvalue weighted by Crippen LogP contribution is 2.58. The van der Waals surface area contributed by atoms with Gasteiger partial charge in [-0.1, -0.05) is 6.07 Å². The minimum atomic E-state index is -4.89. The van der Waals surface area contributed by atoms with E-state index in [1.165, 1.54) is 0 Å². The smallest absolute Gasteiger partial charge is 0.323 e. The Balaban J connectivity index is 2.26. The summed E-state index contributed by atoms with van der Waals surface area (Å²) < 4.78 is 22.0. The van der Waals surface area contributed by atoms with E-state index in [4.69, 9.17) is 19.6 Å². The molecule has 0 spiro atoms. The summed E-state index contributed by atoms with van der Waals surface area (Å²) in [6.45, 7) is 0.115. The summed E-state index contributed by atoms with van der Waals surface area (Å²) in [7, 11) is -9.78. The molecule has 0 aliphatic rings. The van der Waals surface area contributed by atoms with Crippen LogP contribution in [0.1, 0.15) is 12.8 Å². The Labute approximate surface area is 126 Å². The van der Waals surface area contributed by atoms with Crippen LogP contribution in [0, 0.1) is 0 Å². The van der Waals surface area contributed by atoms with Crippen LogP contribution in [0.3, 0.4) is 0 Å². The van der Waals surface area contributed by atoms with Crippen molar-refractivity contribution >= 4 is 27.0 Å². The molecule has 0 amide bonds. The zero-order chi connectivity index (χ0) is 15.9. The Morgan fingerprint density at radius 1 is 1.14 bits per heavy atom. The Morgan fingerprint density at radius 2 is 1.81 bits per heavy atom. The van der Waals surface area contributed by atoms with Crippen molar-refractivity contribution in [2.45, 2.75) is 23.4 Å². The normalized spacial score (nSPS) is 12.8. The second-order valence-electron chi connectivity index (χ2n) is 4.23. The minimum Gasteiger partial charge on any atom is -0.323 e. The first-order chi connectivity index (χ1) is 9.71. The summed E-state index contributed by atoms with van der Waals surface area (Å²) in [6.07, 6.45) is 2.95. The van der Waals surface area contributed by atoms with Gasteiger partial charge in [-0.2, -0.15) is 0 Å². The SMILES string of the molecule is O=P(O)(O)C(NCCCCSc1ccccn1)P(=O)(O)O. The fourth-order valence-electron chi connectivity index (χ4n) is 1.50. The molecule has 0 saturated heterocycles. The fraction of sp³-hybridized carbons (Fsp3) is 0.500. The molecular formula is C10H18N2O6P2S. The molecule has 1 aromatic heterocycles. The molecule has 0 unspecified atom stereocenters. The van der Waals surface area contributed by atoms with E-state index in [9.17, 15) is 9.13 Å². The molecular weight excluding hydrogens is 338 g/mol. The fourth-order valence-corrected chi connectivity index (χ4v) is 4.67. The Kier molecular flexibility index (Phi) is 7.53. The number of aromatic nitrogens is 1. The highest BCUT2D eigenvalue weighted by molar-refractivity contribution is 7.99. The lowest BCUT2D eigenvalue weighted by atomic mass is 10.3. The van der Waals surface area contributed by atoms with E-state index in [0.717, 1.165) is 17.2 Å². The molecule has 0 fully saturated rings. The molecule has 11 heteroatoms. The molecule has 0 radical (unpaired) electrons. The van der Waals surface area contributed by atoms with Gasteiger partial charge in [-0.15, -0.1) is 11.8 Å². The quantitative estimate of drug-likeness (QED) is 0.251. The van der Waals surface area contributed by atoms with Gasteiger partial charge in [-0.25, -0.2) is 4.98 Å². The average Bonchev–Trinajstić information content (AvgIpc) is 2.35. The second kappa shape index (κ2) is 8.41. The van der Waals surface area contributed by atoms with E-state index in [1.54, 1.807) is 18.0 Å². The number of pyridine rings is 1. The molecule has 0 bridgehead atoms. The second-order valence-corrected chi connectivity index (χ2v) is 9.14. The Morgan fingerprint density at radius 3 is 2.33 bits per heavy atom. The van der Waals surface area contributed by atoms with E-state index in [-0.39, 0.29) is 6.54 Å². The molecule has 0 aromatic carbocycles. The first kappa shape index (κ1) is 18.8. The van der Waals surface area contributed by atoms with Gasteiger partial charge in [0.25, 0.3) is 0 Å². The van der Waals surface area contributed by atoms with Crippen molar-refractivity contribution in [1.29, 1.82) is 0 Å². The minimum absolute atomic E-state index is 0.115. The highest BCUT2D eigenvalue weighted by atomic mass is 32.2. The molecule has 8 nitrogen and oxygen atoms in total. The van der Waals surface area contributed by atoms with Crippen molar-refractivity contribution in [3.05, 3.63) is 24.4 Å². The van der Waals surface area contributed by atoms with Crippen molar-refractivity contribution < 1.29 is 28.7 Å². The van der Waals surface area contributed by atoms with E-state index in [2.05, 4.69) is 10.3 Å². The van der Waals surface area contributed by atoms with Crippen molar-refractivity contribution in [2.24, 2.45) is 0 Å². The summed E-state index contributed by atoms with van der Waals surface area (Å²) >= 11 is 1.54. The van der Waals surface area contributed by atoms with Gasteiger partial charge in [0.1, 0.15) is 0 Å². The van der Waals surface area contributed by atoms with Crippen LogP contribution in [0.2, 0.25) is 0 Å². The summed E-state index contributed by atoms with van der Waals surface area (Å²) in [4.78, 5) is 39.8. The molecule has 1 aromatic rings. The van der Waals surface area contributed by atoms with Crippen LogP contribution in [0.5, 0.6) is 0 Å². The van der Waals surface area contributed by atoms with Crippen molar-refractivity contribution in [1.82, 2.24) is 10.3 Å². The largest absolute Gasteiger partial charge is 0.354 e. The molecule has 1 heterocycles. The summed E-state index contributed by atoms with van der Waals surface area (Å²) in [6, 6.07) is 5.57. The lowest BCUT2D eigenvalue weighted by Gasteiger charge is -2.20. The van der Waals surface area contributed by atoms with Gasteiger partial charge in [0.05, 0.1) is 5.03 Å². The molecule has 0 aliphatic carbocycles. The van der Waals surface area contributed by atoms with Gasteiger partial charge in [-0.3, -0.25) is 14.4 Å². The summed E-state index contributed by atoms with van der Waals surface area (Å²) in [5.41, 5.74) is -2.13. The standard InChI is InChI=1S/C10H18N2O6P2S/c13-19(14,15)10(20(16,17)18)12-7-3-4-8-21-9-5-1-2-6-11-9/h1-2,5-6,10,12H,3-4,7-8H2,(H2,13,14,15)(H2,16,17,18). The van der Waals surface area contributed by atoms with Crippen LogP contribution in [0.15, 0.2) is 29.4 Å². The number of rotatable bonds is 9. The third-order valence-electron chi connectivity index (χ3n) is 2.42. The van der Waals surface area contributed by atoms with Gasteiger partial charge in [-0.05, 0) is 37.3 Å². The van der Waals surface area contributed by atoms with Gasteiger partial charge in [0, 0.05) is 6.20 Å². The molecule has 5 N–H and O–H groups in total. The number of nitrogens with one attached hydrogen (secondary N) is 1. The maximum Gasteiger partial charge on any atom is 0.354 e. The van der Waals surface area contributed by atoms with Crippen LogP contribution in [0.4, 0.5) is 0 Å². The van der Waals surface area contributed by atoms with Gasteiger partial charge in [0.15, 0.2) is 0 Å². The zero-order valence-corrected chi connectivity index (χ0v) is 13.7. The zero-order valence-electron chi connectivity index (χ0n) is 11.1. The summed E-state index contributed by atoms with van der Waals surface area (Å²) in [5, 5.41) is 3.13. The molecule has 21 heavy (non-hydrogen) atoms. The van der Waals surface area contributed by atoms with Crippen molar-refractivity contribution in [3.8, 4) is 0 Å². The number of thioether (sulfide) groups is 1. The molecule has 0 aliphatic heterocycles. The van der Waals surface area contributed by atoms with Gasteiger partial charge in [0.2, 0.25) is 5.52 Å². The van der Waals surface area contributed by atoms with Gasteiger partial charge < -0.3 is 19.6 Å².